The molecule has 5 rings (SSSR count). The second kappa shape index (κ2) is 9.12. The van der Waals surface area contributed by atoms with Crippen molar-refractivity contribution in [1.82, 2.24) is 15.1 Å². The number of hydrogen-bond acceptors (Lipinski definition) is 5. The molecular weight excluding hydrogens is 449 g/mol. The number of piperazine rings is 1. The number of halogens is 1. The predicted octanol–water partition coefficient (Wildman–Crippen LogP) is 2.77. The maximum absolute atomic E-state index is 15.1. The third-order valence-electron chi connectivity index (χ3n) is 6.96. The van der Waals surface area contributed by atoms with Gasteiger partial charge in [0.2, 0.25) is 11.8 Å². The van der Waals surface area contributed by atoms with Crippen molar-refractivity contribution in [2.75, 3.05) is 31.1 Å². The molecule has 1 unspecified atom stereocenters. The van der Waals surface area contributed by atoms with E-state index in [-0.39, 0.29) is 36.8 Å². The molecule has 0 aliphatic carbocycles. The van der Waals surface area contributed by atoms with Gasteiger partial charge in [0.15, 0.2) is 5.69 Å². The molecule has 1 N–H and O–H groups in total. The molecule has 9 heteroatoms. The first kappa shape index (κ1) is 23.0. The van der Waals surface area contributed by atoms with E-state index in [1.807, 2.05) is 24.0 Å². The number of piperidine rings is 1. The summed E-state index contributed by atoms with van der Waals surface area (Å²) in [6.45, 7) is 13.0. The Bertz CT molecular complexity index is 1260. The Morgan fingerprint density at radius 3 is 2.57 bits per heavy atom. The van der Waals surface area contributed by atoms with E-state index in [2.05, 4.69) is 21.1 Å². The third kappa shape index (κ3) is 4.49. The monoisotopic (exact) mass is 475 g/mol. The van der Waals surface area contributed by atoms with Crippen LogP contribution in [0.5, 0.6) is 0 Å². The van der Waals surface area contributed by atoms with Crippen molar-refractivity contribution in [3.05, 3.63) is 69.8 Å². The van der Waals surface area contributed by atoms with Gasteiger partial charge < -0.3 is 9.80 Å². The van der Waals surface area contributed by atoms with Crippen molar-refractivity contribution in [1.29, 1.82) is 0 Å². The predicted molar refractivity (Wildman–Crippen MR) is 127 cm³/mol. The van der Waals surface area contributed by atoms with E-state index in [0.29, 0.717) is 30.0 Å². The topological polar surface area (TPSA) is 77.3 Å². The first-order valence-corrected chi connectivity index (χ1v) is 11.7. The second-order valence-corrected chi connectivity index (χ2v) is 9.41. The number of carbonyl (C=O) groups excluding carboxylic acids is 3. The van der Waals surface area contributed by atoms with Gasteiger partial charge in [-0.25, -0.2) is 9.24 Å². The lowest BCUT2D eigenvalue weighted by Crippen LogP contribution is -2.52. The summed E-state index contributed by atoms with van der Waals surface area (Å²) in [5.41, 5.74) is 4.25. The number of hydrogen-bond donors (Lipinski definition) is 1. The number of benzene rings is 2. The maximum Gasteiger partial charge on any atom is 0.255 e. The number of amides is 3. The van der Waals surface area contributed by atoms with E-state index in [1.165, 1.54) is 11.0 Å². The van der Waals surface area contributed by atoms with Crippen LogP contribution < -0.4 is 10.2 Å². The fourth-order valence-electron chi connectivity index (χ4n) is 5.22. The Kier molecular flexibility index (Phi) is 5.99. The summed E-state index contributed by atoms with van der Waals surface area (Å²) in [4.78, 5) is 45.9. The van der Waals surface area contributed by atoms with Gasteiger partial charge in [-0.15, -0.1) is 0 Å². The number of nitrogens with one attached hydrogen (secondary N) is 1. The highest BCUT2D eigenvalue weighted by Crippen LogP contribution is 2.33. The van der Waals surface area contributed by atoms with Crippen LogP contribution in [0.15, 0.2) is 30.3 Å². The Morgan fingerprint density at radius 1 is 1.09 bits per heavy atom. The van der Waals surface area contributed by atoms with Gasteiger partial charge in [-0.05, 0) is 36.6 Å². The van der Waals surface area contributed by atoms with Crippen LogP contribution in [-0.4, -0.2) is 59.7 Å². The van der Waals surface area contributed by atoms with E-state index in [0.717, 1.165) is 30.8 Å². The van der Waals surface area contributed by atoms with Gasteiger partial charge in [-0.1, -0.05) is 23.8 Å². The molecule has 0 spiro atoms. The SMILES string of the molecule is [C-]#[N+]c1cc(C)cc(CN2CCN(c3cc4c(cc3F)C(=O)N(C3CCC(=O)NC3=O)C4)CC2)c1. The Balaban J connectivity index is 1.26. The number of anilines is 1. The lowest BCUT2D eigenvalue weighted by atomic mass is 10.0. The van der Waals surface area contributed by atoms with Crippen molar-refractivity contribution >= 4 is 29.1 Å². The number of aryl methyl sites for hydroxylation is 1. The van der Waals surface area contributed by atoms with E-state index >= 15 is 4.39 Å². The zero-order valence-corrected chi connectivity index (χ0v) is 19.5. The van der Waals surface area contributed by atoms with Crippen LogP contribution >= 0.6 is 0 Å². The van der Waals surface area contributed by atoms with Crippen LogP contribution in [0.2, 0.25) is 0 Å². The first-order chi connectivity index (χ1) is 16.8. The molecule has 2 saturated heterocycles. The van der Waals surface area contributed by atoms with Crippen LogP contribution in [0.4, 0.5) is 15.8 Å². The van der Waals surface area contributed by atoms with Crippen LogP contribution in [0.1, 0.15) is 39.9 Å². The average Bonchev–Trinajstić information content (AvgIpc) is 3.14. The maximum atomic E-state index is 15.1. The van der Waals surface area contributed by atoms with E-state index in [1.54, 1.807) is 6.07 Å². The van der Waals surface area contributed by atoms with Gasteiger partial charge in [-0.2, -0.15) is 0 Å². The van der Waals surface area contributed by atoms with Gasteiger partial charge >= 0.3 is 0 Å². The second-order valence-electron chi connectivity index (χ2n) is 9.41. The third-order valence-corrected chi connectivity index (χ3v) is 6.96. The van der Waals surface area contributed by atoms with Gasteiger partial charge in [0.25, 0.3) is 5.91 Å². The summed E-state index contributed by atoms with van der Waals surface area (Å²) in [5, 5.41) is 2.29. The van der Waals surface area contributed by atoms with Gasteiger partial charge in [-0.3, -0.25) is 24.6 Å². The quantitative estimate of drug-likeness (QED) is 0.544. The van der Waals surface area contributed by atoms with Crippen LogP contribution in [0.25, 0.3) is 4.85 Å². The Morgan fingerprint density at radius 2 is 1.86 bits per heavy atom. The summed E-state index contributed by atoms with van der Waals surface area (Å²) >= 11 is 0. The van der Waals surface area contributed by atoms with E-state index in [4.69, 9.17) is 6.57 Å². The molecule has 2 aromatic rings. The molecule has 1 atom stereocenters. The summed E-state index contributed by atoms with van der Waals surface area (Å²) in [7, 11) is 0. The molecule has 35 heavy (non-hydrogen) atoms. The van der Waals surface area contributed by atoms with Crippen molar-refractivity contribution < 1.29 is 18.8 Å². The summed E-state index contributed by atoms with van der Waals surface area (Å²) in [6.07, 6.45) is 0.460. The molecular formula is C26H26FN5O3. The molecule has 3 amide bonds. The van der Waals surface area contributed by atoms with E-state index < -0.39 is 17.8 Å². The normalized spacial score (nSPS) is 20.6. The summed E-state index contributed by atoms with van der Waals surface area (Å²) in [6, 6.07) is 8.17. The number of imide groups is 1. The number of fused-ring (bicyclic) bond motifs is 1. The fraction of sp³-hybridized carbons (Fsp3) is 0.385. The molecule has 180 valence electrons. The molecule has 3 aliphatic heterocycles. The summed E-state index contributed by atoms with van der Waals surface area (Å²) in [5.74, 6) is -1.63. The van der Waals surface area contributed by atoms with Crippen molar-refractivity contribution in [2.45, 2.75) is 38.9 Å². The lowest BCUT2D eigenvalue weighted by molar-refractivity contribution is -0.136. The molecule has 2 fully saturated rings. The zero-order chi connectivity index (χ0) is 24.7. The zero-order valence-electron chi connectivity index (χ0n) is 19.5. The lowest BCUT2D eigenvalue weighted by Gasteiger charge is -2.36. The number of carbonyl (C=O) groups is 3. The number of nitrogens with zero attached hydrogens (tertiary/aromatic N) is 4. The first-order valence-electron chi connectivity index (χ1n) is 11.7. The molecule has 0 saturated carbocycles. The smallest absolute Gasteiger partial charge is 0.255 e. The van der Waals surface area contributed by atoms with Gasteiger partial charge in [0.05, 0.1) is 12.3 Å². The summed E-state index contributed by atoms with van der Waals surface area (Å²) < 4.78 is 15.1. The highest BCUT2D eigenvalue weighted by molar-refractivity contribution is 6.05. The Labute approximate surface area is 203 Å². The van der Waals surface area contributed by atoms with Crippen molar-refractivity contribution in [3.8, 4) is 0 Å². The molecule has 0 radical (unpaired) electrons. The molecule has 3 heterocycles. The standard InChI is InChI=1S/C26H26FN5O3/c1-16-9-17(11-19(10-16)28-2)14-30-5-7-31(8-6-30)23-12-18-15-32(26(35)20(18)13-21(23)27)22-3-4-24(33)29-25(22)34/h9-13,22H,3-8,14-15H2,1H3,(H,29,33,34). The molecule has 8 nitrogen and oxygen atoms in total. The minimum absolute atomic E-state index is 0.183. The minimum Gasteiger partial charge on any atom is -0.367 e. The molecule has 0 bridgehead atoms. The van der Waals surface area contributed by atoms with Crippen LogP contribution in [-0.2, 0) is 22.7 Å². The minimum atomic E-state index is -0.715. The fourth-order valence-corrected chi connectivity index (χ4v) is 5.22. The van der Waals surface area contributed by atoms with Gasteiger partial charge in [0, 0.05) is 51.3 Å². The average molecular weight is 476 g/mol. The molecule has 3 aliphatic rings. The molecule has 2 aromatic carbocycles. The van der Waals surface area contributed by atoms with Crippen molar-refractivity contribution in [2.24, 2.45) is 0 Å². The Hall–Kier alpha value is -3.77. The molecule has 0 aromatic heterocycles. The highest BCUT2D eigenvalue weighted by atomic mass is 19.1. The largest absolute Gasteiger partial charge is 0.367 e. The highest BCUT2D eigenvalue weighted by Gasteiger charge is 2.40. The van der Waals surface area contributed by atoms with E-state index in [9.17, 15) is 14.4 Å². The van der Waals surface area contributed by atoms with Crippen LogP contribution in [0, 0.1) is 19.3 Å². The van der Waals surface area contributed by atoms with Crippen molar-refractivity contribution in [3.63, 3.8) is 0 Å². The number of rotatable bonds is 4. The van der Waals surface area contributed by atoms with Gasteiger partial charge in [0.1, 0.15) is 11.9 Å². The van der Waals surface area contributed by atoms with Crippen LogP contribution in [0.3, 0.4) is 0 Å².